The average Bonchev–Trinajstić information content (AvgIpc) is 2.98. The molecule has 3 aromatic rings. The quantitative estimate of drug-likeness (QED) is 0.642. The van der Waals surface area contributed by atoms with E-state index in [0.717, 1.165) is 27.5 Å². The molecule has 0 fully saturated rings. The first kappa shape index (κ1) is 20.4. The maximum atomic E-state index is 13.1. The molecular weight excluding hydrogens is 366 g/mol. The summed E-state index contributed by atoms with van der Waals surface area (Å²) in [5.74, 6) is -0.00220. The number of aromatic nitrogens is 1. The minimum atomic E-state index is -0.00220. The van der Waals surface area contributed by atoms with Crippen molar-refractivity contribution < 1.29 is 4.79 Å². The summed E-state index contributed by atoms with van der Waals surface area (Å²) in [6.07, 6.45) is 0. The number of fused-ring (bicyclic) bond motifs is 1. The lowest BCUT2D eigenvalue weighted by atomic mass is 10.1. The predicted octanol–water partition coefficient (Wildman–Crippen LogP) is 4.54. The van der Waals surface area contributed by atoms with Crippen LogP contribution in [0.15, 0.2) is 42.5 Å². The van der Waals surface area contributed by atoms with Crippen molar-refractivity contribution in [3.63, 3.8) is 0 Å². The number of nitrogens with zero attached hydrogens (tertiary/aromatic N) is 3. The van der Waals surface area contributed by atoms with Crippen LogP contribution in [0.5, 0.6) is 0 Å². The van der Waals surface area contributed by atoms with Gasteiger partial charge in [0.05, 0.1) is 10.2 Å². The number of thiazole rings is 1. The Kier molecular flexibility index (Phi) is 6.75. The van der Waals surface area contributed by atoms with Gasteiger partial charge < -0.3 is 4.90 Å². The Hall–Kier alpha value is -1.95. The fraction of sp³-hybridized carbons (Fsp3) is 0.300. The van der Waals surface area contributed by atoms with E-state index in [1.807, 2.05) is 51.4 Å². The molecule has 2 aromatic carbocycles. The van der Waals surface area contributed by atoms with E-state index in [4.69, 9.17) is 4.98 Å². The van der Waals surface area contributed by atoms with Crippen molar-refractivity contribution in [2.45, 2.75) is 13.8 Å². The Morgan fingerprint density at radius 1 is 1.00 bits per heavy atom. The van der Waals surface area contributed by atoms with Gasteiger partial charge in [-0.2, -0.15) is 0 Å². The molecule has 3 rings (SSSR count). The van der Waals surface area contributed by atoms with Gasteiger partial charge in [-0.25, -0.2) is 4.98 Å². The van der Waals surface area contributed by atoms with Gasteiger partial charge in [0.25, 0.3) is 5.91 Å². The highest BCUT2D eigenvalue weighted by Crippen LogP contribution is 2.30. The molecule has 0 spiro atoms. The van der Waals surface area contributed by atoms with Crippen LogP contribution in [-0.4, -0.2) is 43.0 Å². The number of benzene rings is 2. The number of hydrogen-bond donors (Lipinski definition) is 0. The van der Waals surface area contributed by atoms with Crippen LogP contribution < -0.4 is 4.90 Å². The number of amides is 1. The lowest BCUT2D eigenvalue weighted by Gasteiger charge is -2.22. The van der Waals surface area contributed by atoms with Crippen LogP contribution in [0.3, 0.4) is 0 Å². The first-order valence-corrected chi connectivity index (χ1v) is 9.16. The van der Waals surface area contributed by atoms with E-state index < -0.39 is 0 Å². The third-order valence-electron chi connectivity index (χ3n) is 4.08. The number of halogens is 1. The molecule has 0 saturated carbocycles. The number of aryl methyl sites for hydroxylation is 2. The van der Waals surface area contributed by atoms with Gasteiger partial charge in [0, 0.05) is 18.7 Å². The van der Waals surface area contributed by atoms with Gasteiger partial charge >= 0.3 is 0 Å². The number of anilines is 1. The summed E-state index contributed by atoms with van der Waals surface area (Å²) in [6.45, 7) is 5.49. The molecule has 138 valence electrons. The van der Waals surface area contributed by atoms with Crippen molar-refractivity contribution in [2.75, 3.05) is 32.1 Å². The molecule has 1 aromatic heterocycles. The second-order valence-corrected chi connectivity index (χ2v) is 7.60. The van der Waals surface area contributed by atoms with E-state index in [9.17, 15) is 4.79 Å². The normalized spacial score (nSPS) is 10.8. The van der Waals surface area contributed by atoms with Crippen LogP contribution in [0.2, 0.25) is 0 Å². The maximum Gasteiger partial charge on any atom is 0.260 e. The zero-order valence-corrected chi connectivity index (χ0v) is 17.2. The molecule has 0 unspecified atom stereocenters. The van der Waals surface area contributed by atoms with Crippen LogP contribution in [-0.2, 0) is 0 Å². The summed E-state index contributed by atoms with van der Waals surface area (Å²) in [6, 6.07) is 13.9. The number of carbonyl (C=O) groups is 1. The molecule has 1 heterocycles. The molecule has 0 atom stereocenters. The summed E-state index contributed by atoms with van der Waals surface area (Å²) < 4.78 is 1.11. The molecule has 0 bridgehead atoms. The Labute approximate surface area is 164 Å². The molecule has 0 saturated heterocycles. The Balaban J connectivity index is 0.00000243. The summed E-state index contributed by atoms with van der Waals surface area (Å²) in [5, 5.41) is 0.757. The zero-order valence-electron chi connectivity index (χ0n) is 15.5. The van der Waals surface area contributed by atoms with Crippen molar-refractivity contribution in [1.29, 1.82) is 0 Å². The summed E-state index contributed by atoms with van der Waals surface area (Å²) in [4.78, 5) is 21.7. The lowest BCUT2D eigenvalue weighted by Crippen LogP contribution is -2.36. The number of rotatable bonds is 5. The SMILES string of the molecule is Cc1ccc(C(=O)N(CCN(C)C)c2nc3ccc(C)cc3s2)cc1.Cl. The highest BCUT2D eigenvalue weighted by Gasteiger charge is 2.21. The van der Waals surface area contributed by atoms with Crippen LogP contribution in [0.25, 0.3) is 10.2 Å². The van der Waals surface area contributed by atoms with Crippen molar-refractivity contribution in [3.05, 3.63) is 59.2 Å². The van der Waals surface area contributed by atoms with E-state index in [-0.39, 0.29) is 18.3 Å². The second-order valence-electron chi connectivity index (χ2n) is 6.59. The molecule has 4 nitrogen and oxygen atoms in total. The van der Waals surface area contributed by atoms with Crippen LogP contribution >= 0.6 is 23.7 Å². The predicted molar refractivity (Wildman–Crippen MR) is 113 cm³/mol. The standard InChI is InChI=1S/C20H23N3OS.ClH/c1-14-5-8-16(9-6-14)19(24)23(12-11-22(3)4)20-21-17-10-7-15(2)13-18(17)25-20;/h5-10,13H,11-12H2,1-4H3;1H. The second kappa shape index (κ2) is 8.62. The fourth-order valence-electron chi connectivity index (χ4n) is 2.57. The number of carbonyl (C=O) groups excluding carboxylic acids is 1. The topological polar surface area (TPSA) is 36.4 Å². The first-order valence-electron chi connectivity index (χ1n) is 8.34. The molecule has 6 heteroatoms. The summed E-state index contributed by atoms with van der Waals surface area (Å²) in [7, 11) is 4.02. The zero-order chi connectivity index (χ0) is 18.0. The Morgan fingerprint density at radius 2 is 1.65 bits per heavy atom. The largest absolute Gasteiger partial charge is 0.308 e. The van der Waals surface area contributed by atoms with E-state index in [0.29, 0.717) is 12.1 Å². The van der Waals surface area contributed by atoms with E-state index in [2.05, 4.69) is 24.0 Å². The number of likely N-dealkylation sites (N-methyl/N-ethyl adjacent to an activating group) is 1. The Morgan fingerprint density at radius 3 is 2.31 bits per heavy atom. The van der Waals surface area contributed by atoms with Gasteiger partial charge in [-0.3, -0.25) is 9.69 Å². The molecular formula is C20H24ClN3OS. The van der Waals surface area contributed by atoms with Gasteiger partial charge in [0.1, 0.15) is 0 Å². The lowest BCUT2D eigenvalue weighted by molar-refractivity contribution is 0.0985. The maximum absolute atomic E-state index is 13.1. The molecule has 0 aliphatic rings. The van der Waals surface area contributed by atoms with Crippen molar-refractivity contribution in [1.82, 2.24) is 9.88 Å². The van der Waals surface area contributed by atoms with Crippen LogP contribution in [0.4, 0.5) is 5.13 Å². The summed E-state index contributed by atoms with van der Waals surface area (Å²) in [5.41, 5.74) is 3.98. The molecule has 26 heavy (non-hydrogen) atoms. The van der Waals surface area contributed by atoms with Gasteiger partial charge in [0.2, 0.25) is 0 Å². The van der Waals surface area contributed by atoms with E-state index in [1.165, 1.54) is 5.56 Å². The van der Waals surface area contributed by atoms with Gasteiger partial charge in [-0.1, -0.05) is 35.1 Å². The summed E-state index contributed by atoms with van der Waals surface area (Å²) >= 11 is 1.57. The van der Waals surface area contributed by atoms with Crippen molar-refractivity contribution in [2.24, 2.45) is 0 Å². The highest BCUT2D eigenvalue weighted by atomic mass is 35.5. The van der Waals surface area contributed by atoms with Crippen molar-refractivity contribution >= 4 is 45.0 Å². The first-order chi connectivity index (χ1) is 11.9. The van der Waals surface area contributed by atoms with E-state index in [1.54, 1.807) is 16.2 Å². The monoisotopic (exact) mass is 389 g/mol. The van der Waals surface area contributed by atoms with Gasteiger partial charge in [-0.05, 0) is 57.8 Å². The van der Waals surface area contributed by atoms with Gasteiger partial charge in [-0.15, -0.1) is 12.4 Å². The molecule has 0 N–H and O–H groups in total. The highest BCUT2D eigenvalue weighted by molar-refractivity contribution is 7.22. The number of hydrogen-bond acceptors (Lipinski definition) is 4. The van der Waals surface area contributed by atoms with Crippen LogP contribution in [0, 0.1) is 13.8 Å². The minimum Gasteiger partial charge on any atom is -0.308 e. The minimum absolute atomic E-state index is 0. The smallest absolute Gasteiger partial charge is 0.260 e. The van der Waals surface area contributed by atoms with Gasteiger partial charge in [0.15, 0.2) is 5.13 Å². The molecule has 1 amide bonds. The third kappa shape index (κ3) is 4.61. The van der Waals surface area contributed by atoms with Crippen LogP contribution in [0.1, 0.15) is 21.5 Å². The third-order valence-corrected chi connectivity index (χ3v) is 5.12. The Bertz CT molecular complexity index is 890. The average molecular weight is 390 g/mol. The molecule has 0 aliphatic heterocycles. The fourth-order valence-corrected chi connectivity index (χ4v) is 3.66. The van der Waals surface area contributed by atoms with Crippen molar-refractivity contribution in [3.8, 4) is 0 Å². The molecule has 0 radical (unpaired) electrons. The van der Waals surface area contributed by atoms with E-state index >= 15 is 0 Å². The molecule has 0 aliphatic carbocycles.